The summed E-state index contributed by atoms with van der Waals surface area (Å²) in [5.74, 6) is -0.420. The van der Waals surface area contributed by atoms with Crippen molar-refractivity contribution < 1.29 is 33.1 Å². The molecule has 0 aromatic heterocycles. The molecule has 0 saturated heterocycles. The zero-order chi connectivity index (χ0) is 35.9. The van der Waals surface area contributed by atoms with Gasteiger partial charge < -0.3 is 19.3 Å². The van der Waals surface area contributed by atoms with Crippen LogP contribution in [-0.2, 0) is 23.4 Å². The smallest absolute Gasteiger partial charge is 0.457 e. The molecule has 0 aromatic rings. The number of carbonyl (C=O) groups excluding carboxylic acids is 1. The Labute approximate surface area is 301 Å². The number of ether oxygens (including phenoxy) is 2. The van der Waals surface area contributed by atoms with Gasteiger partial charge in [-0.2, -0.15) is 0 Å². The Morgan fingerprint density at radius 1 is 0.551 bits per heavy atom. The van der Waals surface area contributed by atoms with E-state index in [9.17, 15) is 9.36 Å². The summed E-state index contributed by atoms with van der Waals surface area (Å²) in [5, 5.41) is 0. The molecule has 0 bridgehead atoms. The van der Waals surface area contributed by atoms with Crippen LogP contribution in [-0.4, -0.2) is 41.7 Å². The van der Waals surface area contributed by atoms with Crippen molar-refractivity contribution in [1.82, 2.24) is 0 Å². The second kappa shape index (κ2) is 37.5. The van der Waals surface area contributed by atoms with E-state index in [-0.39, 0.29) is 13.0 Å². The molecule has 1 atom stereocenters. The Balaban J connectivity index is 3.95. The molecule has 0 amide bonds. The van der Waals surface area contributed by atoms with Crippen LogP contribution in [0, 0.1) is 0 Å². The maximum absolute atomic E-state index is 12.4. The zero-order valence-corrected chi connectivity index (χ0v) is 32.2. The minimum Gasteiger partial charge on any atom is -0.457 e. The number of phosphoric ester groups is 1. The molecule has 0 fully saturated rings. The van der Waals surface area contributed by atoms with Gasteiger partial charge in [-0.25, -0.2) is 4.57 Å². The fraction of sp³-hybridized carbons (Fsp3) is 0.732. The van der Waals surface area contributed by atoms with Crippen LogP contribution in [0.3, 0.4) is 0 Å². The van der Waals surface area contributed by atoms with Crippen molar-refractivity contribution in [2.45, 2.75) is 174 Å². The molecule has 0 heterocycles. The molecule has 0 aromatic carbocycles. The van der Waals surface area contributed by atoms with Crippen LogP contribution in [0.25, 0.3) is 0 Å². The van der Waals surface area contributed by atoms with Crippen LogP contribution >= 0.6 is 7.82 Å². The van der Waals surface area contributed by atoms with Gasteiger partial charge in [0, 0.05) is 13.0 Å². The number of allylic oxidation sites excluding steroid dienone is 10. The quantitative estimate of drug-likeness (QED) is 0.0289. The Morgan fingerprint density at radius 2 is 0.959 bits per heavy atom. The van der Waals surface area contributed by atoms with E-state index >= 15 is 0 Å². The van der Waals surface area contributed by atoms with Gasteiger partial charge in [0.05, 0.1) is 13.2 Å². The summed E-state index contributed by atoms with van der Waals surface area (Å²) >= 11 is 0. The van der Waals surface area contributed by atoms with Gasteiger partial charge in [-0.1, -0.05) is 145 Å². The van der Waals surface area contributed by atoms with Crippen molar-refractivity contribution in [3.05, 3.63) is 60.8 Å². The van der Waals surface area contributed by atoms with Gasteiger partial charge in [-0.15, -0.1) is 0 Å². The number of carbonyl (C=O) groups is 1. The molecular weight excluding hydrogens is 635 g/mol. The van der Waals surface area contributed by atoms with Gasteiger partial charge in [0.1, 0.15) is 6.10 Å². The first kappa shape index (κ1) is 47.2. The molecule has 0 radical (unpaired) electrons. The molecule has 284 valence electrons. The number of hydrogen-bond donors (Lipinski definition) is 2. The highest BCUT2D eigenvalue weighted by Crippen LogP contribution is 2.35. The summed E-state index contributed by atoms with van der Waals surface area (Å²) in [4.78, 5) is 30.5. The van der Waals surface area contributed by atoms with Crippen molar-refractivity contribution >= 4 is 13.8 Å². The van der Waals surface area contributed by atoms with Crippen molar-refractivity contribution in [3.63, 3.8) is 0 Å². The molecule has 0 aliphatic heterocycles. The Kier molecular flexibility index (Phi) is 36.1. The summed E-state index contributed by atoms with van der Waals surface area (Å²) in [6, 6.07) is 0. The molecule has 8 heteroatoms. The Morgan fingerprint density at radius 3 is 1.49 bits per heavy atom. The van der Waals surface area contributed by atoms with E-state index < -0.39 is 26.5 Å². The topological polar surface area (TPSA) is 102 Å². The fourth-order valence-corrected chi connectivity index (χ4v) is 5.49. The second-order valence-electron chi connectivity index (χ2n) is 12.9. The van der Waals surface area contributed by atoms with E-state index in [1.807, 2.05) is 0 Å². The summed E-state index contributed by atoms with van der Waals surface area (Å²) in [6.07, 6.45) is 47.9. The van der Waals surface area contributed by atoms with Gasteiger partial charge >= 0.3 is 13.8 Å². The molecular formula is C41H73O7P. The summed E-state index contributed by atoms with van der Waals surface area (Å²) in [7, 11) is -4.67. The van der Waals surface area contributed by atoms with Gasteiger partial charge in [-0.05, 0) is 77.0 Å². The van der Waals surface area contributed by atoms with Crippen LogP contribution in [0.1, 0.15) is 168 Å². The van der Waals surface area contributed by atoms with Crippen LogP contribution < -0.4 is 0 Å². The van der Waals surface area contributed by atoms with Gasteiger partial charge in [0.15, 0.2) is 0 Å². The van der Waals surface area contributed by atoms with E-state index in [0.717, 1.165) is 44.9 Å². The lowest BCUT2D eigenvalue weighted by molar-refractivity contribution is -0.154. The highest BCUT2D eigenvalue weighted by Gasteiger charge is 2.21. The zero-order valence-electron chi connectivity index (χ0n) is 31.3. The number of unbranched alkanes of at least 4 members (excludes halogenated alkanes) is 16. The lowest BCUT2D eigenvalue weighted by atomic mass is 10.1. The predicted octanol–water partition coefficient (Wildman–Crippen LogP) is 12.2. The third kappa shape index (κ3) is 40.6. The lowest BCUT2D eigenvalue weighted by Gasteiger charge is -2.18. The van der Waals surface area contributed by atoms with Crippen molar-refractivity contribution in [3.8, 4) is 0 Å². The highest BCUT2D eigenvalue weighted by molar-refractivity contribution is 7.46. The van der Waals surface area contributed by atoms with Crippen LogP contribution in [0.4, 0.5) is 0 Å². The average molecular weight is 709 g/mol. The first-order valence-corrected chi connectivity index (χ1v) is 21.1. The molecule has 0 aliphatic carbocycles. The van der Waals surface area contributed by atoms with Gasteiger partial charge in [0.2, 0.25) is 0 Å². The normalized spacial score (nSPS) is 13.3. The largest absolute Gasteiger partial charge is 0.469 e. The molecule has 0 unspecified atom stereocenters. The third-order valence-electron chi connectivity index (χ3n) is 8.04. The number of rotatable bonds is 36. The van der Waals surface area contributed by atoms with E-state index in [2.05, 4.69) is 79.1 Å². The molecule has 7 nitrogen and oxygen atoms in total. The van der Waals surface area contributed by atoms with Crippen LogP contribution in [0.15, 0.2) is 60.8 Å². The number of hydrogen-bond acceptors (Lipinski definition) is 5. The first-order valence-electron chi connectivity index (χ1n) is 19.6. The lowest BCUT2D eigenvalue weighted by Crippen LogP contribution is -2.28. The van der Waals surface area contributed by atoms with E-state index in [1.165, 1.54) is 96.3 Å². The van der Waals surface area contributed by atoms with E-state index in [0.29, 0.717) is 13.0 Å². The summed E-state index contributed by atoms with van der Waals surface area (Å²) in [6.45, 7) is 4.64. The maximum atomic E-state index is 12.4. The predicted molar refractivity (Wildman–Crippen MR) is 207 cm³/mol. The molecule has 0 saturated carbocycles. The van der Waals surface area contributed by atoms with E-state index in [4.69, 9.17) is 19.3 Å². The standard InChI is InChI=1S/C41H73O7P/c1-3-5-7-9-11-13-15-17-19-21-22-24-26-28-30-32-34-36-41(42)48-40(39-47-49(43,44)45)38-46-37-35-33-31-29-27-25-23-20-18-16-14-12-10-8-6-4-2/h11,13,17-20,22,24,28,30,40H,3-10,12,14-16,21,23,25-27,29,31-39H2,1-2H3,(H2,43,44,45)/b13-11-,19-17-,20-18-,24-22-,30-28-/t40-/m1/s1. The molecule has 0 aliphatic rings. The second-order valence-corrected chi connectivity index (χ2v) is 14.1. The molecule has 2 N–H and O–H groups in total. The summed E-state index contributed by atoms with van der Waals surface area (Å²) < 4.78 is 26.9. The first-order chi connectivity index (χ1) is 23.9. The van der Waals surface area contributed by atoms with Gasteiger partial charge in [-0.3, -0.25) is 9.32 Å². The Hall–Kier alpha value is -1.76. The average Bonchev–Trinajstić information content (AvgIpc) is 3.07. The third-order valence-corrected chi connectivity index (χ3v) is 8.53. The van der Waals surface area contributed by atoms with E-state index in [1.54, 1.807) is 0 Å². The molecule has 0 rings (SSSR count). The highest BCUT2D eigenvalue weighted by atomic mass is 31.2. The fourth-order valence-electron chi connectivity index (χ4n) is 5.13. The van der Waals surface area contributed by atoms with Crippen LogP contribution in [0.2, 0.25) is 0 Å². The van der Waals surface area contributed by atoms with Crippen LogP contribution in [0.5, 0.6) is 0 Å². The van der Waals surface area contributed by atoms with Gasteiger partial charge in [0.25, 0.3) is 0 Å². The minimum atomic E-state index is -4.67. The SMILES string of the molecule is CCCCC/C=C\C/C=C\C/C=C\C/C=C\CCCC(=O)O[C@H](COCCCCCCCC/C=C\CCCCCCCC)COP(=O)(O)O. The minimum absolute atomic E-state index is 0.0496. The maximum Gasteiger partial charge on any atom is 0.469 e. The number of esters is 1. The molecule has 0 spiro atoms. The summed E-state index contributed by atoms with van der Waals surface area (Å²) in [5.41, 5.74) is 0. The van der Waals surface area contributed by atoms with Crippen molar-refractivity contribution in [2.24, 2.45) is 0 Å². The molecule has 49 heavy (non-hydrogen) atoms. The monoisotopic (exact) mass is 709 g/mol. The van der Waals surface area contributed by atoms with Crippen molar-refractivity contribution in [1.29, 1.82) is 0 Å². The number of phosphoric acid groups is 1. The Bertz CT molecular complexity index is 919. The van der Waals surface area contributed by atoms with Crippen molar-refractivity contribution in [2.75, 3.05) is 19.8 Å².